The van der Waals surface area contributed by atoms with Crippen molar-refractivity contribution in [2.75, 3.05) is 0 Å². The molecule has 11 heavy (non-hydrogen) atoms. The number of hydrogen-bond acceptors (Lipinski definition) is 2. The normalized spacial score (nSPS) is 10.6. The zero-order chi connectivity index (χ0) is 7.84. The van der Waals surface area contributed by atoms with Gasteiger partial charge in [-0.25, -0.2) is 4.98 Å². The van der Waals surface area contributed by atoms with Crippen LogP contribution in [-0.2, 0) is 0 Å². The fourth-order valence-electron chi connectivity index (χ4n) is 0.973. The zero-order valence-electron chi connectivity index (χ0n) is 5.59. The molecule has 0 aliphatic heterocycles. The third kappa shape index (κ3) is 0.955. The average molecular weight is 167 g/mol. The third-order valence-corrected chi connectivity index (χ3v) is 1.71. The van der Waals surface area contributed by atoms with Crippen LogP contribution < -0.4 is 11.1 Å². The van der Waals surface area contributed by atoms with Crippen molar-refractivity contribution < 1.29 is 0 Å². The highest BCUT2D eigenvalue weighted by Crippen LogP contribution is 2.00. The smallest absolute Gasteiger partial charge is 0.275 e. The van der Waals surface area contributed by atoms with Gasteiger partial charge in [-0.3, -0.25) is 4.79 Å². The summed E-state index contributed by atoms with van der Waals surface area (Å²) in [6.07, 6.45) is 1.69. The molecular formula is C6H6N3OP. The molecule has 0 aliphatic carbocycles. The van der Waals surface area contributed by atoms with Crippen LogP contribution in [0, 0.1) is 0 Å². The maximum Gasteiger partial charge on any atom is 0.275 e. The minimum absolute atomic E-state index is 0.134. The average Bonchev–Trinajstić information content (AvgIpc) is 2.34. The Morgan fingerprint density at radius 2 is 2.36 bits per heavy atom. The number of hydrogen-bond donors (Lipinski definition) is 2. The highest BCUT2D eigenvalue weighted by molar-refractivity contribution is 7.26. The van der Waals surface area contributed by atoms with Crippen LogP contribution in [0.25, 0.3) is 11.0 Å². The summed E-state index contributed by atoms with van der Waals surface area (Å²) >= 11 is 0. The summed E-state index contributed by atoms with van der Waals surface area (Å²) in [6.45, 7) is 0. The topological polar surface area (TPSA) is 61.5 Å². The van der Waals surface area contributed by atoms with Gasteiger partial charge in [0.2, 0.25) is 0 Å². The summed E-state index contributed by atoms with van der Waals surface area (Å²) < 4.78 is 0. The largest absolute Gasteiger partial charge is 0.355 e. The summed E-state index contributed by atoms with van der Waals surface area (Å²) in [5.41, 5.74) is 1.64. The van der Waals surface area contributed by atoms with E-state index in [1.807, 2.05) is 0 Å². The first-order chi connectivity index (χ1) is 5.27. The molecule has 0 radical (unpaired) electrons. The highest BCUT2D eigenvalue weighted by Gasteiger charge is 1.99. The fourth-order valence-corrected chi connectivity index (χ4v) is 1.24. The van der Waals surface area contributed by atoms with Crippen molar-refractivity contribution in [2.45, 2.75) is 0 Å². The molecule has 0 bridgehead atoms. The van der Waals surface area contributed by atoms with Gasteiger partial charge in [-0.2, -0.15) is 0 Å². The van der Waals surface area contributed by atoms with E-state index in [-0.39, 0.29) is 5.56 Å². The van der Waals surface area contributed by atoms with Gasteiger partial charge in [-0.05, 0) is 6.07 Å². The van der Waals surface area contributed by atoms with Crippen molar-refractivity contribution in [1.29, 1.82) is 0 Å². The van der Waals surface area contributed by atoms with Gasteiger partial charge in [-0.1, -0.05) is 9.24 Å². The van der Waals surface area contributed by atoms with E-state index in [9.17, 15) is 4.79 Å². The van der Waals surface area contributed by atoms with E-state index in [2.05, 4.69) is 24.2 Å². The van der Waals surface area contributed by atoms with Crippen molar-refractivity contribution in [2.24, 2.45) is 0 Å². The predicted molar refractivity (Wildman–Crippen MR) is 46.1 cm³/mol. The van der Waals surface area contributed by atoms with Gasteiger partial charge < -0.3 is 9.97 Å². The molecule has 5 heteroatoms. The van der Waals surface area contributed by atoms with Crippen LogP contribution in [0.2, 0.25) is 0 Å². The highest BCUT2D eigenvalue weighted by atomic mass is 31.0. The molecule has 1 unspecified atom stereocenters. The Bertz CT molecular complexity index is 444. The van der Waals surface area contributed by atoms with Gasteiger partial charge in [-0.15, -0.1) is 0 Å². The second-order valence-corrected chi connectivity index (χ2v) is 2.74. The van der Waals surface area contributed by atoms with Crippen LogP contribution in [-0.4, -0.2) is 15.0 Å². The minimum atomic E-state index is -0.134. The van der Waals surface area contributed by atoms with Gasteiger partial charge >= 0.3 is 0 Å². The van der Waals surface area contributed by atoms with Crippen LogP contribution in [0.15, 0.2) is 17.1 Å². The van der Waals surface area contributed by atoms with Crippen LogP contribution in [0.3, 0.4) is 0 Å². The van der Waals surface area contributed by atoms with Gasteiger partial charge in [0.25, 0.3) is 5.56 Å². The summed E-state index contributed by atoms with van der Waals surface area (Å²) in [4.78, 5) is 20.6. The van der Waals surface area contributed by atoms with E-state index in [1.54, 1.807) is 12.3 Å². The van der Waals surface area contributed by atoms with E-state index >= 15 is 0 Å². The first-order valence-corrected chi connectivity index (χ1v) is 3.68. The molecule has 0 saturated carbocycles. The second kappa shape index (κ2) is 2.17. The number of aromatic nitrogens is 3. The molecule has 4 nitrogen and oxygen atoms in total. The molecule has 0 aromatic carbocycles. The van der Waals surface area contributed by atoms with E-state index in [4.69, 9.17) is 0 Å². The zero-order valence-corrected chi connectivity index (χ0v) is 6.74. The number of H-pyrrole nitrogens is 2. The van der Waals surface area contributed by atoms with Crippen molar-refractivity contribution >= 4 is 25.8 Å². The molecule has 0 spiro atoms. The number of aromatic amines is 2. The standard InChI is InChI=1S/C6H6N3OP/c10-5-4-3(1-2-7-4)8-6(11)9-5/h1-2,7H,11H2,(H,8,9,10). The van der Waals surface area contributed by atoms with Crippen molar-refractivity contribution in [3.63, 3.8) is 0 Å². The molecule has 0 saturated heterocycles. The second-order valence-electron chi connectivity index (χ2n) is 2.19. The summed E-state index contributed by atoms with van der Waals surface area (Å²) in [6, 6.07) is 1.76. The van der Waals surface area contributed by atoms with E-state index in [0.29, 0.717) is 16.6 Å². The lowest BCUT2D eigenvalue weighted by Crippen LogP contribution is -2.17. The molecule has 0 aliphatic rings. The molecule has 2 aromatic rings. The van der Waals surface area contributed by atoms with Crippen LogP contribution in [0.1, 0.15) is 0 Å². The Labute approximate surface area is 64.3 Å². The summed E-state index contributed by atoms with van der Waals surface area (Å²) in [5.74, 6) is 0. The van der Waals surface area contributed by atoms with Crippen molar-refractivity contribution in [1.82, 2.24) is 15.0 Å². The monoisotopic (exact) mass is 167 g/mol. The van der Waals surface area contributed by atoms with Crippen molar-refractivity contribution in [3.8, 4) is 0 Å². The number of fused-ring (bicyclic) bond motifs is 1. The van der Waals surface area contributed by atoms with Gasteiger partial charge in [0.05, 0.1) is 5.52 Å². The Morgan fingerprint density at radius 3 is 3.18 bits per heavy atom. The SMILES string of the molecule is O=c1[nH]c(P)nc2cc[nH]c12. The third-order valence-electron chi connectivity index (χ3n) is 1.43. The first kappa shape index (κ1) is 6.55. The number of nitrogens with one attached hydrogen (secondary N) is 2. The molecule has 56 valence electrons. The van der Waals surface area contributed by atoms with Crippen LogP contribution in [0.4, 0.5) is 0 Å². The quantitative estimate of drug-likeness (QED) is 0.531. The van der Waals surface area contributed by atoms with E-state index in [1.165, 1.54) is 0 Å². The van der Waals surface area contributed by atoms with Crippen molar-refractivity contribution in [3.05, 3.63) is 22.6 Å². The lowest BCUT2D eigenvalue weighted by Gasteiger charge is -1.90. The Kier molecular flexibility index (Phi) is 1.29. The van der Waals surface area contributed by atoms with Crippen LogP contribution in [0.5, 0.6) is 0 Å². The Morgan fingerprint density at radius 1 is 1.55 bits per heavy atom. The lowest BCUT2D eigenvalue weighted by atomic mass is 10.5. The van der Waals surface area contributed by atoms with E-state index in [0.717, 1.165) is 0 Å². The maximum atomic E-state index is 11.1. The number of nitrogens with zero attached hydrogens (tertiary/aromatic N) is 1. The van der Waals surface area contributed by atoms with Crippen LogP contribution >= 0.6 is 9.24 Å². The number of rotatable bonds is 0. The fraction of sp³-hybridized carbons (Fsp3) is 0. The molecule has 2 aromatic heterocycles. The molecule has 1 atom stereocenters. The van der Waals surface area contributed by atoms with E-state index < -0.39 is 0 Å². The lowest BCUT2D eigenvalue weighted by molar-refractivity contribution is 1.23. The predicted octanol–water partition coefficient (Wildman–Crippen LogP) is -0.248. The first-order valence-electron chi connectivity index (χ1n) is 3.10. The molecule has 2 heterocycles. The Hall–Kier alpha value is -1.15. The molecular weight excluding hydrogens is 161 g/mol. The van der Waals surface area contributed by atoms with Gasteiger partial charge in [0.1, 0.15) is 11.1 Å². The summed E-state index contributed by atoms with van der Waals surface area (Å²) in [7, 11) is 2.35. The molecule has 0 amide bonds. The van der Waals surface area contributed by atoms with Gasteiger partial charge in [0.15, 0.2) is 0 Å². The molecule has 2 N–H and O–H groups in total. The molecule has 2 rings (SSSR count). The van der Waals surface area contributed by atoms with Gasteiger partial charge in [0, 0.05) is 6.20 Å². The minimum Gasteiger partial charge on any atom is -0.355 e. The molecule has 0 fully saturated rings. The maximum absolute atomic E-state index is 11.1. The Balaban J connectivity index is 3.02. The summed E-state index contributed by atoms with van der Waals surface area (Å²) in [5, 5.41) is 0.